The van der Waals surface area contributed by atoms with Crippen LogP contribution < -0.4 is 5.32 Å². The SMILES string of the molecule is CN1C(=O)C(C)(C)C2CC(F)=C(NC(=O)c3ccncc3F)C=C21. The number of likely N-dealkylation sites (tertiary alicyclic amines) is 1. The van der Waals surface area contributed by atoms with Crippen molar-refractivity contribution in [3.63, 3.8) is 0 Å². The van der Waals surface area contributed by atoms with Gasteiger partial charge in [-0.2, -0.15) is 0 Å². The summed E-state index contributed by atoms with van der Waals surface area (Å²) in [4.78, 5) is 29.5. The maximum Gasteiger partial charge on any atom is 0.258 e. The highest BCUT2D eigenvalue weighted by atomic mass is 19.1. The van der Waals surface area contributed by atoms with Crippen LogP contribution in [0.15, 0.2) is 41.8 Å². The highest BCUT2D eigenvalue weighted by molar-refractivity contribution is 5.96. The molecule has 1 aromatic rings. The molecule has 1 fully saturated rings. The molecular weight excluding hydrogens is 316 g/mol. The molecule has 1 aliphatic heterocycles. The van der Waals surface area contributed by atoms with Gasteiger partial charge in [0.15, 0.2) is 5.82 Å². The van der Waals surface area contributed by atoms with Crippen molar-refractivity contribution in [3.8, 4) is 0 Å². The average Bonchev–Trinajstić information content (AvgIpc) is 2.69. The van der Waals surface area contributed by atoms with Gasteiger partial charge in [-0.15, -0.1) is 0 Å². The second-order valence-corrected chi connectivity index (χ2v) is 6.54. The third-order valence-corrected chi connectivity index (χ3v) is 4.70. The van der Waals surface area contributed by atoms with Crippen LogP contribution in [0.4, 0.5) is 8.78 Å². The summed E-state index contributed by atoms with van der Waals surface area (Å²) in [6.45, 7) is 3.56. The number of carbonyl (C=O) groups is 2. The van der Waals surface area contributed by atoms with E-state index in [1.165, 1.54) is 23.2 Å². The Kier molecular flexibility index (Phi) is 3.74. The summed E-state index contributed by atoms with van der Waals surface area (Å²) < 4.78 is 28.1. The van der Waals surface area contributed by atoms with Crippen molar-refractivity contribution in [2.45, 2.75) is 20.3 Å². The topological polar surface area (TPSA) is 62.3 Å². The molecule has 5 nitrogen and oxygen atoms in total. The van der Waals surface area contributed by atoms with Gasteiger partial charge in [0, 0.05) is 31.3 Å². The number of hydrogen-bond donors (Lipinski definition) is 1. The molecule has 2 aliphatic rings. The first-order valence-electron chi connectivity index (χ1n) is 7.52. The zero-order valence-electron chi connectivity index (χ0n) is 13.6. The minimum atomic E-state index is -0.786. The molecule has 1 aromatic heterocycles. The highest BCUT2D eigenvalue weighted by Gasteiger charge is 2.50. The molecule has 3 rings (SSSR count). The number of amides is 2. The molecule has 0 saturated carbocycles. The lowest BCUT2D eigenvalue weighted by atomic mass is 9.76. The zero-order chi connectivity index (χ0) is 17.6. The smallest absolute Gasteiger partial charge is 0.258 e. The van der Waals surface area contributed by atoms with Crippen LogP contribution in [0, 0.1) is 17.2 Å². The number of hydrogen-bond acceptors (Lipinski definition) is 3. The van der Waals surface area contributed by atoms with E-state index in [-0.39, 0.29) is 29.5 Å². The first-order valence-corrected chi connectivity index (χ1v) is 7.52. The van der Waals surface area contributed by atoms with E-state index in [1.54, 1.807) is 20.9 Å². The number of rotatable bonds is 2. The minimum absolute atomic E-state index is 0.0172. The van der Waals surface area contributed by atoms with Crippen molar-refractivity contribution in [1.82, 2.24) is 15.2 Å². The Morgan fingerprint density at radius 2 is 2.12 bits per heavy atom. The van der Waals surface area contributed by atoms with Crippen LogP contribution >= 0.6 is 0 Å². The molecule has 1 N–H and O–H groups in total. The zero-order valence-corrected chi connectivity index (χ0v) is 13.6. The number of fused-ring (bicyclic) bond motifs is 1. The molecular formula is C17H17F2N3O2. The van der Waals surface area contributed by atoms with Crippen molar-refractivity contribution in [3.05, 3.63) is 53.1 Å². The Morgan fingerprint density at radius 3 is 2.79 bits per heavy atom. The standard InChI is InChI=1S/C17H17F2N3O2/c1-17(2)10-6-11(18)13(7-14(10)22(3)16(17)24)21-15(23)9-4-5-20-8-12(9)19/h4-5,7-8,10H,6H2,1-3H3,(H,21,23). The van der Waals surface area contributed by atoms with Gasteiger partial charge >= 0.3 is 0 Å². The molecule has 2 heterocycles. The van der Waals surface area contributed by atoms with E-state index in [2.05, 4.69) is 10.3 Å². The van der Waals surface area contributed by atoms with E-state index in [0.717, 1.165) is 6.20 Å². The summed E-state index contributed by atoms with van der Waals surface area (Å²) in [7, 11) is 1.63. The third kappa shape index (κ3) is 2.40. The molecule has 1 saturated heterocycles. The highest BCUT2D eigenvalue weighted by Crippen LogP contribution is 2.48. The molecule has 1 atom stereocenters. The van der Waals surface area contributed by atoms with Gasteiger partial charge in [0.1, 0.15) is 5.83 Å². The maximum absolute atomic E-state index is 14.4. The van der Waals surface area contributed by atoms with Crippen molar-refractivity contribution < 1.29 is 18.4 Å². The molecule has 0 aromatic carbocycles. The second kappa shape index (κ2) is 5.51. The summed E-state index contributed by atoms with van der Waals surface area (Å²) in [6.07, 6.45) is 3.67. The Hall–Kier alpha value is -2.57. The van der Waals surface area contributed by atoms with E-state index in [4.69, 9.17) is 0 Å². The fourth-order valence-corrected chi connectivity index (χ4v) is 3.23. The molecule has 2 amide bonds. The van der Waals surface area contributed by atoms with Crippen molar-refractivity contribution in [2.75, 3.05) is 7.05 Å². The summed E-state index contributed by atoms with van der Waals surface area (Å²) in [5, 5.41) is 2.38. The lowest BCUT2D eigenvalue weighted by molar-refractivity contribution is -0.133. The van der Waals surface area contributed by atoms with E-state index >= 15 is 0 Å². The quantitative estimate of drug-likeness (QED) is 0.905. The Balaban J connectivity index is 1.90. The molecule has 0 radical (unpaired) electrons. The predicted octanol–water partition coefficient (Wildman–Crippen LogP) is 2.53. The number of pyridine rings is 1. The van der Waals surface area contributed by atoms with Crippen molar-refractivity contribution in [1.29, 1.82) is 0 Å². The number of carbonyl (C=O) groups excluding carboxylic acids is 2. The van der Waals surface area contributed by atoms with Gasteiger partial charge in [0.25, 0.3) is 5.91 Å². The Morgan fingerprint density at radius 1 is 1.42 bits per heavy atom. The maximum atomic E-state index is 14.4. The number of aromatic nitrogens is 1. The number of allylic oxidation sites excluding steroid dienone is 3. The molecule has 24 heavy (non-hydrogen) atoms. The van der Waals surface area contributed by atoms with Crippen molar-refractivity contribution in [2.24, 2.45) is 11.3 Å². The van der Waals surface area contributed by atoms with E-state index in [0.29, 0.717) is 5.70 Å². The number of nitrogens with one attached hydrogen (secondary N) is 1. The van der Waals surface area contributed by atoms with Gasteiger partial charge in [-0.1, -0.05) is 13.8 Å². The Bertz CT molecular complexity index is 799. The predicted molar refractivity (Wildman–Crippen MR) is 82.5 cm³/mol. The summed E-state index contributed by atoms with van der Waals surface area (Å²) in [5.74, 6) is -2.46. The fraction of sp³-hybridized carbons (Fsp3) is 0.353. The van der Waals surface area contributed by atoms with Crippen LogP contribution in [0.3, 0.4) is 0 Å². The molecule has 7 heteroatoms. The van der Waals surface area contributed by atoms with Gasteiger partial charge in [-0.3, -0.25) is 14.6 Å². The first kappa shape index (κ1) is 16.3. The van der Waals surface area contributed by atoms with Crippen LogP contribution in [0.5, 0.6) is 0 Å². The minimum Gasteiger partial charge on any atom is -0.320 e. The van der Waals surface area contributed by atoms with E-state index < -0.39 is 23.0 Å². The van der Waals surface area contributed by atoms with Crippen LogP contribution in [-0.4, -0.2) is 28.7 Å². The van der Waals surface area contributed by atoms with E-state index in [9.17, 15) is 18.4 Å². The van der Waals surface area contributed by atoms with Crippen molar-refractivity contribution >= 4 is 11.8 Å². The molecule has 0 spiro atoms. The average molecular weight is 333 g/mol. The second-order valence-electron chi connectivity index (χ2n) is 6.54. The van der Waals surface area contributed by atoms with Crippen LogP contribution in [-0.2, 0) is 4.79 Å². The third-order valence-electron chi connectivity index (χ3n) is 4.70. The van der Waals surface area contributed by atoms with Gasteiger partial charge < -0.3 is 10.2 Å². The van der Waals surface area contributed by atoms with Gasteiger partial charge in [0.2, 0.25) is 5.91 Å². The monoisotopic (exact) mass is 333 g/mol. The lowest BCUT2D eigenvalue weighted by Crippen LogP contribution is -2.30. The number of halogens is 2. The first-order chi connectivity index (χ1) is 11.2. The molecule has 1 aliphatic carbocycles. The molecule has 1 unspecified atom stereocenters. The normalized spacial score (nSPS) is 22.4. The van der Waals surface area contributed by atoms with Crippen LogP contribution in [0.25, 0.3) is 0 Å². The largest absolute Gasteiger partial charge is 0.320 e. The van der Waals surface area contributed by atoms with Crippen LogP contribution in [0.2, 0.25) is 0 Å². The summed E-state index contributed by atoms with van der Waals surface area (Å²) in [5.41, 5.74) is -0.316. The van der Waals surface area contributed by atoms with Gasteiger partial charge in [-0.25, -0.2) is 8.78 Å². The van der Waals surface area contributed by atoms with Gasteiger partial charge in [-0.05, 0) is 12.1 Å². The molecule has 0 bridgehead atoms. The Labute approximate surface area is 138 Å². The fourth-order valence-electron chi connectivity index (χ4n) is 3.23. The van der Waals surface area contributed by atoms with Crippen LogP contribution in [0.1, 0.15) is 30.6 Å². The van der Waals surface area contributed by atoms with E-state index in [1.807, 2.05) is 0 Å². The number of nitrogens with zero attached hydrogens (tertiary/aromatic N) is 2. The van der Waals surface area contributed by atoms with Gasteiger partial charge in [0.05, 0.1) is 22.9 Å². The lowest BCUT2D eigenvalue weighted by Gasteiger charge is -2.26. The summed E-state index contributed by atoms with van der Waals surface area (Å²) >= 11 is 0. The summed E-state index contributed by atoms with van der Waals surface area (Å²) in [6, 6.07) is 1.22. The molecule has 126 valence electrons.